The number of hydrogen-bond donors (Lipinski definition) is 1. The van der Waals surface area contributed by atoms with Crippen LogP contribution in [-0.2, 0) is 9.59 Å². The first-order valence-corrected chi connectivity index (χ1v) is 9.06. The van der Waals surface area contributed by atoms with Gasteiger partial charge in [0.1, 0.15) is 11.4 Å². The van der Waals surface area contributed by atoms with Gasteiger partial charge in [0, 0.05) is 6.54 Å². The molecule has 2 aromatic carbocycles. The molecule has 1 heterocycles. The Balaban J connectivity index is 2.12. The van der Waals surface area contributed by atoms with Crippen LogP contribution in [0.2, 0.25) is 0 Å². The first-order valence-electron chi connectivity index (χ1n) is 9.06. The number of carbonyl (C=O) groups is 2. The number of aryl methyl sites for hydroxylation is 2. The van der Waals surface area contributed by atoms with Crippen LogP contribution in [0.1, 0.15) is 30.0 Å². The fraction of sp³-hybridized carbons (Fsp3) is 0.273. The van der Waals surface area contributed by atoms with Gasteiger partial charge in [-0.3, -0.25) is 14.5 Å². The highest BCUT2D eigenvalue weighted by molar-refractivity contribution is 6.36. The minimum absolute atomic E-state index is 0.262. The summed E-state index contributed by atoms with van der Waals surface area (Å²) in [6, 6.07) is 13.2. The molecule has 0 atom stereocenters. The van der Waals surface area contributed by atoms with Gasteiger partial charge in [-0.1, -0.05) is 37.3 Å². The van der Waals surface area contributed by atoms with Gasteiger partial charge in [0.15, 0.2) is 0 Å². The molecule has 27 heavy (non-hydrogen) atoms. The van der Waals surface area contributed by atoms with Gasteiger partial charge >= 0.3 is 0 Å². The van der Waals surface area contributed by atoms with E-state index in [0.717, 1.165) is 16.7 Å². The summed E-state index contributed by atoms with van der Waals surface area (Å²) < 4.78 is 5.37. The van der Waals surface area contributed by atoms with E-state index < -0.39 is 0 Å². The highest BCUT2D eigenvalue weighted by Gasteiger charge is 2.39. The van der Waals surface area contributed by atoms with E-state index in [4.69, 9.17) is 4.74 Å². The number of methoxy groups -OCH3 is 1. The average Bonchev–Trinajstić information content (AvgIpc) is 2.89. The van der Waals surface area contributed by atoms with Crippen LogP contribution < -0.4 is 10.1 Å². The zero-order valence-corrected chi connectivity index (χ0v) is 16.1. The molecule has 5 nitrogen and oxygen atoms in total. The quantitative estimate of drug-likeness (QED) is 0.790. The van der Waals surface area contributed by atoms with Gasteiger partial charge in [0.25, 0.3) is 11.8 Å². The fourth-order valence-corrected chi connectivity index (χ4v) is 3.17. The zero-order chi connectivity index (χ0) is 19.6. The maximum Gasteiger partial charge on any atom is 0.278 e. The third-order valence-corrected chi connectivity index (χ3v) is 4.78. The number of rotatable bonds is 6. The molecular formula is C22H24N2O3. The van der Waals surface area contributed by atoms with Crippen molar-refractivity contribution in [3.63, 3.8) is 0 Å². The van der Waals surface area contributed by atoms with E-state index in [1.807, 2.05) is 63.2 Å². The molecule has 0 aromatic heterocycles. The number of nitrogens with zero attached hydrogens (tertiary/aromatic N) is 1. The third kappa shape index (κ3) is 3.45. The van der Waals surface area contributed by atoms with Gasteiger partial charge in [0.2, 0.25) is 0 Å². The lowest BCUT2D eigenvalue weighted by molar-refractivity contribution is -0.136. The van der Waals surface area contributed by atoms with Crippen LogP contribution in [0, 0.1) is 13.8 Å². The zero-order valence-electron chi connectivity index (χ0n) is 16.1. The predicted molar refractivity (Wildman–Crippen MR) is 106 cm³/mol. The minimum atomic E-state index is -0.305. The van der Waals surface area contributed by atoms with Crippen molar-refractivity contribution in [1.29, 1.82) is 0 Å². The Labute approximate surface area is 159 Å². The van der Waals surface area contributed by atoms with Crippen molar-refractivity contribution in [3.8, 4) is 5.75 Å². The molecule has 0 fully saturated rings. The first-order chi connectivity index (χ1) is 13.0. The summed E-state index contributed by atoms with van der Waals surface area (Å²) in [7, 11) is 1.57. The molecule has 0 radical (unpaired) electrons. The van der Waals surface area contributed by atoms with Crippen molar-refractivity contribution < 1.29 is 14.3 Å². The number of amides is 2. The lowest BCUT2D eigenvalue weighted by Gasteiger charge is -2.14. The van der Waals surface area contributed by atoms with Crippen LogP contribution in [-0.4, -0.2) is 30.4 Å². The Bertz CT molecular complexity index is 931. The number of benzene rings is 2. The number of imide groups is 1. The Morgan fingerprint density at radius 1 is 1.00 bits per heavy atom. The van der Waals surface area contributed by atoms with Gasteiger partial charge < -0.3 is 10.1 Å². The molecule has 0 saturated carbocycles. The van der Waals surface area contributed by atoms with Crippen LogP contribution in [0.5, 0.6) is 5.75 Å². The van der Waals surface area contributed by atoms with E-state index in [0.29, 0.717) is 35.7 Å². The number of anilines is 1. The Hall–Kier alpha value is -3.08. The number of ether oxygens (including phenoxy) is 1. The smallest absolute Gasteiger partial charge is 0.278 e. The maximum atomic E-state index is 13.0. The van der Waals surface area contributed by atoms with E-state index in [-0.39, 0.29) is 11.8 Å². The fourth-order valence-electron chi connectivity index (χ4n) is 3.17. The second-order valence-electron chi connectivity index (χ2n) is 6.64. The van der Waals surface area contributed by atoms with Gasteiger partial charge in [0.05, 0.1) is 18.4 Å². The van der Waals surface area contributed by atoms with Gasteiger partial charge in [-0.05, 0) is 49.1 Å². The monoisotopic (exact) mass is 364 g/mol. The number of para-hydroxylation sites is 2. The molecule has 1 aliphatic rings. The normalized spacial score (nSPS) is 14.1. The van der Waals surface area contributed by atoms with Gasteiger partial charge in [-0.25, -0.2) is 0 Å². The van der Waals surface area contributed by atoms with E-state index in [1.165, 1.54) is 4.90 Å². The maximum absolute atomic E-state index is 13.0. The van der Waals surface area contributed by atoms with E-state index in [1.54, 1.807) is 7.11 Å². The largest absolute Gasteiger partial charge is 0.495 e. The lowest BCUT2D eigenvalue weighted by Crippen LogP contribution is -2.33. The molecule has 0 unspecified atom stereocenters. The van der Waals surface area contributed by atoms with Crippen molar-refractivity contribution >= 4 is 23.1 Å². The summed E-state index contributed by atoms with van der Waals surface area (Å²) in [5.74, 6) is 0.0436. The van der Waals surface area contributed by atoms with Gasteiger partial charge in [-0.2, -0.15) is 0 Å². The third-order valence-electron chi connectivity index (χ3n) is 4.78. The van der Waals surface area contributed by atoms with Crippen LogP contribution >= 0.6 is 0 Å². The van der Waals surface area contributed by atoms with Crippen LogP contribution in [0.4, 0.5) is 5.69 Å². The molecule has 1 N–H and O–H groups in total. The standard InChI is InChI=1S/C22H24N2O3/c1-5-12-24-21(25)19(16-11-10-14(2)15(3)13-16)20(22(24)26)23-17-8-6-7-9-18(17)27-4/h6-11,13,23H,5,12H2,1-4H3. The topological polar surface area (TPSA) is 58.6 Å². The van der Waals surface area contributed by atoms with E-state index >= 15 is 0 Å². The van der Waals surface area contributed by atoms with Crippen LogP contribution in [0.25, 0.3) is 5.57 Å². The number of hydrogen-bond acceptors (Lipinski definition) is 4. The first kappa shape index (κ1) is 18.7. The van der Waals surface area contributed by atoms with E-state index in [2.05, 4.69) is 5.32 Å². The van der Waals surface area contributed by atoms with Crippen molar-refractivity contribution in [2.24, 2.45) is 0 Å². The predicted octanol–water partition coefficient (Wildman–Crippen LogP) is 3.91. The molecule has 140 valence electrons. The average molecular weight is 364 g/mol. The summed E-state index contributed by atoms with van der Waals surface area (Å²) >= 11 is 0. The molecule has 0 spiro atoms. The van der Waals surface area contributed by atoms with E-state index in [9.17, 15) is 9.59 Å². The molecule has 0 saturated heterocycles. The lowest BCUT2D eigenvalue weighted by atomic mass is 9.99. The molecular weight excluding hydrogens is 340 g/mol. The van der Waals surface area contributed by atoms with Crippen molar-refractivity contribution in [2.75, 3.05) is 19.0 Å². The molecule has 3 rings (SSSR count). The summed E-state index contributed by atoms with van der Waals surface area (Å²) in [6.45, 7) is 6.36. The minimum Gasteiger partial charge on any atom is -0.495 e. The molecule has 5 heteroatoms. The number of carbonyl (C=O) groups excluding carboxylic acids is 2. The van der Waals surface area contributed by atoms with Crippen LogP contribution in [0.3, 0.4) is 0 Å². The SMILES string of the molecule is CCCN1C(=O)C(Nc2ccccc2OC)=C(c2ccc(C)c(C)c2)C1=O. The van der Waals surface area contributed by atoms with Crippen molar-refractivity contribution in [2.45, 2.75) is 27.2 Å². The Morgan fingerprint density at radius 3 is 2.41 bits per heavy atom. The second kappa shape index (κ2) is 7.66. The highest BCUT2D eigenvalue weighted by Crippen LogP contribution is 2.33. The second-order valence-corrected chi connectivity index (χ2v) is 6.64. The Kier molecular flexibility index (Phi) is 5.31. The summed E-state index contributed by atoms with van der Waals surface area (Å²) in [4.78, 5) is 27.3. The number of nitrogens with one attached hydrogen (secondary N) is 1. The summed E-state index contributed by atoms with van der Waals surface area (Å²) in [5, 5.41) is 3.15. The molecule has 0 bridgehead atoms. The molecule has 0 aliphatic carbocycles. The molecule has 2 aromatic rings. The van der Waals surface area contributed by atoms with Crippen LogP contribution in [0.15, 0.2) is 48.2 Å². The molecule has 2 amide bonds. The summed E-state index contributed by atoms with van der Waals surface area (Å²) in [5.41, 5.74) is 4.30. The van der Waals surface area contributed by atoms with Gasteiger partial charge in [-0.15, -0.1) is 0 Å². The summed E-state index contributed by atoms with van der Waals surface area (Å²) in [6.07, 6.45) is 0.708. The van der Waals surface area contributed by atoms with Crippen molar-refractivity contribution in [3.05, 3.63) is 64.9 Å². The highest BCUT2D eigenvalue weighted by atomic mass is 16.5. The Morgan fingerprint density at radius 2 is 1.74 bits per heavy atom. The molecule has 1 aliphatic heterocycles. The van der Waals surface area contributed by atoms with Crippen molar-refractivity contribution in [1.82, 2.24) is 4.90 Å².